The third kappa shape index (κ3) is 2.50. The van der Waals surface area contributed by atoms with Gasteiger partial charge in [0.2, 0.25) is 0 Å². The van der Waals surface area contributed by atoms with E-state index in [-0.39, 0.29) is 18.0 Å². The number of rotatable bonds is 3. The molecule has 0 aromatic heterocycles. The normalized spacial score (nSPS) is 20.8. The van der Waals surface area contributed by atoms with Crippen molar-refractivity contribution in [2.24, 2.45) is 5.92 Å². The first-order valence-corrected chi connectivity index (χ1v) is 4.74. The Balaban J connectivity index is 2.27. The van der Waals surface area contributed by atoms with Crippen LogP contribution in [0.1, 0.15) is 39.5 Å². The summed E-state index contributed by atoms with van der Waals surface area (Å²) in [6.07, 6.45) is 6.28. The quantitative estimate of drug-likeness (QED) is 0.606. The summed E-state index contributed by atoms with van der Waals surface area (Å²) in [6.45, 7) is 3.81. The second-order valence-corrected chi connectivity index (χ2v) is 3.46. The molecule has 0 saturated heterocycles. The van der Waals surface area contributed by atoms with Crippen LogP contribution >= 0.6 is 0 Å². The Morgan fingerprint density at radius 3 is 2.58 bits per heavy atom. The van der Waals surface area contributed by atoms with Gasteiger partial charge in [0.1, 0.15) is 6.10 Å². The van der Waals surface area contributed by atoms with Crippen LogP contribution in [-0.4, -0.2) is 12.1 Å². The van der Waals surface area contributed by atoms with Crippen molar-refractivity contribution >= 4 is 5.97 Å². The van der Waals surface area contributed by atoms with E-state index >= 15 is 0 Å². The van der Waals surface area contributed by atoms with Crippen LogP contribution in [0.25, 0.3) is 0 Å². The molecule has 0 spiro atoms. The zero-order valence-electron chi connectivity index (χ0n) is 7.88. The molecule has 0 bridgehead atoms. The lowest BCUT2D eigenvalue weighted by atomic mass is 10.1. The summed E-state index contributed by atoms with van der Waals surface area (Å²) < 4.78 is 5.19. The fourth-order valence-corrected chi connectivity index (χ4v) is 1.51. The molecule has 0 aromatic carbocycles. The van der Waals surface area contributed by atoms with E-state index in [1.807, 2.05) is 20.3 Å². The van der Waals surface area contributed by atoms with Gasteiger partial charge in [-0.25, -0.2) is 0 Å². The number of carbonyl (C=O) groups is 1. The maximum Gasteiger partial charge on any atom is 0.309 e. The Morgan fingerprint density at radius 1 is 1.50 bits per heavy atom. The molecule has 1 saturated carbocycles. The van der Waals surface area contributed by atoms with Gasteiger partial charge in [-0.05, 0) is 26.2 Å². The Morgan fingerprint density at radius 2 is 2.08 bits per heavy atom. The SMILES string of the molecule is C[CH][C@@H](C)OC(=O)C1CCCC1. The third-order valence-electron chi connectivity index (χ3n) is 2.46. The number of ether oxygens (including phenoxy) is 1. The average Bonchev–Trinajstić information content (AvgIpc) is 2.56. The van der Waals surface area contributed by atoms with Crippen LogP contribution in [0, 0.1) is 12.3 Å². The summed E-state index contributed by atoms with van der Waals surface area (Å²) in [5, 5.41) is 0. The molecule has 0 N–H and O–H groups in total. The highest BCUT2D eigenvalue weighted by Crippen LogP contribution is 2.26. The first-order chi connectivity index (χ1) is 5.74. The highest BCUT2D eigenvalue weighted by molar-refractivity contribution is 5.72. The van der Waals surface area contributed by atoms with E-state index in [9.17, 15) is 4.79 Å². The molecule has 1 atom stereocenters. The predicted molar refractivity (Wildman–Crippen MR) is 47.5 cm³/mol. The second kappa shape index (κ2) is 4.48. The molecular weight excluding hydrogens is 152 g/mol. The number of hydrogen-bond donors (Lipinski definition) is 0. The maximum atomic E-state index is 11.4. The zero-order valence-corrected chi connectivity index (χ0v) is 7.88. The molecule has 12 heavy (non-hydrogen) atoms. The van der Waals surface area contributed by atoms with Gasteiger partial charge in [0, 0.05) is 0 Å². The molecule has 1 aliphatic rings. The van der Waals surface area contributed by atoms with Crippen LogP contribution < -0.4 is 0 Å². The predicted octanol–water partition coefficient (Wildman–Crippen LogP) is 2.33. The van der Waals surface area contributed by atoms with Crippen molar-refractivity contribution in [3.05, 3.63) is 6.42 Å². The summed E-state index contributed by atoms with van der Waals surface area (Å²) in [7, 11) is 0. The van der Waals surface area contributed by atoms with Gasteiger partial charge in [-0.15, -0.1) is 0 Å². The molecule has 2 nitrogen and oxygen atoms in total. The van der Waals surface area contributed by atoms with E-state index in [1.165, 1.54) is 12.8 Å². The molecule has 0 unspecified atom stereocenters. The minimum Gasteiger partial charge on any atom is -0.462 e. The zero-order chi connectivity index (χ0) is 8.97. The van der Waals surface area contributed by atoms with Gasteiger partial charge in [0.15, 0.2) is 0 Å². The molecule has 0 aromatic rings. The lowest BCUT2D eigenvalue weighted by Crippen LogP contribution is -2.20. The lowest BCUT2D eigenvalue weighted by molar-refractivity contribution is -0.151. The van der Waals surface area contributed by atoms with E-state index in [2.05, 4.69) is 0 Å². The topological polar surface area (TPSA) is 26.3 Å². The summed E-state index contributed by atoms with van der Waals surface area (Å²) >= 11 is 0. The Hall–Kier alpha value is -0.530. The lowest BCUT2D eigenvalue weighted by Gasteiger charge is -2.13. The van der Waals surface area contributed by atoms with Gasteiger partial charge >= 0.3 is 5.97 Å². The Kier molecular flexibility index (Phi) is 3.57. The Bertz CT molecular complexity index is 148. The van der Waals surface area contributed by atoms with Crippen molar-refractivity contribution in [3.8, 4) is 0 Å². The van der Waals surface area contributed by atoms with Gasteiger partial charge in [-0.1, -0.05) is 19.8 Å². The van der Waals surface area contributed by atoms with Crippen molar-refractivity contribution in [1.29, 1.82) is 0 Å². The minimum atomic E-state index is -0.0295. The molecule has 1 aliphatic carbocycles. The molecule has 0 aliphatic heterocycles. The Labute approximate surface area is 74.3 Å². The summed E-state index contributed by atoms with van der Waals surface area (Å²) in [6, 6.07) is 0. The fraction of sp³-hybridized carbons (Fsp3) is 0.800. The van der Waals surface area contributed by atoms with Crippen molar-refractivity contribution in [2.45, 2.75) is 45.6 Å². The molecule has 2 heteroatoms. The number of esters is 1. The van der Waals surface area contributed by atoms with E-state index in [0.717, 1.165) is 12.8 Å². The molecule has 1 radical (unpaired) electrons. The molecule has 1 fully saturated rings. The van der Waals surface area contributed by atoms with Gasteiger partial charge in [0.25, 0.3) is 0 Å². The third-order valence-corrected chi connectivity index (χ3v) is 2.46. The number of hydrogen-bond acceptors (Lipinski definition) is 2. The summed E-state index contributed by atoms with van der Waals surface area (Å²) in [5.41, 5.74) is 0. The molecule has 1 rings (SSSR count). The van der Waals surface area contributed by atoms with Gasteiger partial charge in [0.05, 0.1) is 5.92 Å². The van der Waals surface area contributed by atoms with Crippen LogP contribution in [0.4, 0.5) is 0 Å². The van der Waals surface area contributed by atoms with E-state index in [1.54, 1.807) is 0 Å². The second-order valence-electron chi connectivity index (χ2n) is 3.46. The number of carbonyl (C=O) groups excluding carboxylic acids is 1. The summed E-state index contributed by atoms with van der Waals surface area (Å²) in [4.78, 5) is 11.4. The van der Waals surface area contributed by atoms with Crippen LogP contribution in [-0.2, 0) is 9.53 Å². The maximum absolute atomic E-state index is 11.4. The first kappa shape index (κ1) is 9.56. The van der Waals surface area contributed by atoms with Crippen LogP contribution in [0.3, 0.4) is 0 Å². The monoisotopic (exact) mass is 169 g/mol. The molecular formula is C10H17O2. The van der Waals surface area contributed by atoms with E-state index in [0.29, 0.717) is 0 Å². The smallest absolute Gasteiger partial charge is 0.309 e. The minimum absolute atomic E-state index is 0.00176. The highest BCUT2D eigenvalue weighted by atomic mass is 16.5. The average molecular weight is 169 g/mol. The highest BCUT2D eigenvalue weighted by Gasteiger charge is 2.24. The van der Waals surface area contributed by atoms with Crippen LogP contribution in [0.5, 0.6) is 0 Å². The van der Waals surface area contributed by atoms with Crippen molar-refractivity contribution in [3.63, 3.8) is 0 Å². The largest absolute Gasteiger partial charge is 0.462 e. The van der Waals surface area contributed by atoms with Gasteiger partial charge in [-0.3, -0.25) is 4.79 Å². The van der Waals surface area contributed by atoms with Crippen molar-refractivity contribution in [1.82, 2.24) is 0 Å². The van der Waals surface area contributed by atoms with Crippen LogP contribution in [0.15, 0.2) is 0 Å². The fourth-order valence-electron chi connectivity index (χ4n) is 1.51. The van der Waals surface area contributed by atoms with E-state index in [4.69, 9.17) is 4.74 Å². The first-order valence-electron chi connectivity index (χ1n) is 4.74. The standard InChI is InChI=1S/C10H17O2/c1-3-8(2)12-10(11)9-6-4-5-7-9/h3,8-9H,4-7H2,1-2H3/t8-/m1/s1. The van der Waals surface area contributed by atoms with Gasteiger partial charge < -0.3 is 4.74 Å². The molecule has 0 heterocycles. The van der Waals surface area contributed by atoms with Crippen LogP contribution in [0.2, 0.25) is 0 Å². The molecule has 0 amide bonds. The van der Waals surface area contributed by atoms with Gasteiger partial charge in [-0.2, -0.15) is 0 Å². The van der Waals surface area contributed by atoms with Crippen molar-refractivity contribution in [2.75, 3.05) is 0 Å². The summed E-state index contributed by atoms with van der Waals surface area (Å²) in [5.74, 6) is 0.186. The molecule has 69 valence electrons. The van der Waals surface area contributed by atoms with Crippen molar-refractivity contribution < 1.29 is 9.53 Å². The van der Waals surface area contributed by atoms with E-state index < -0.39 is 0 Å².